The first-order valence-electron chi connectivity index (χ1n) is 6.17. The summed E-state index contributed by atoms with van der Waals surface area (Å²) in [6, 6.07) is 1.18. The van der Waals surface area contributed by atoms with Gasteiger partial charge >= 0.3 is 0 Å². The van der Waals surface area contributed by atoms with E-state index in [4.69, 9.17) is 4.74 Å². The molecule has 2 rings (SSSR count). The van der Waals surface area contributed by atoms with Crippen molar-refractivity contribution in [2.24, 2.45) is 0 Å². The topological polar surface area (TPSA) is 36.5 Å². The van der Waals surface area contributed by atoms with Crippen LogP contribution in [0, 0.1) is 0 Å². The Hall–Kier alpha value is -0.160. The van der Waals surface area contributed by atoms with Gasteiger partial charge in [0.2, 0.25) is 0 Å². The zero-order chi connectivity index (χ0) is 10.5. The Kier molecular flexibility index (Phi) is 4.38. The Labute approximate surface area is 92.4 Å². The second-order valence-corrected chi connectivity index (χ2v) is 4.40. The minimum absolute atomic E-state index is 0.529. The molecule has 2 atom stereocenters. The first kappa shape index (κ1) is 11.3. The fourth-order valence-electron chi connectivity index (χ4n) is 2.64. The van der Waals surface area contributed by atoms with Crippen molar-refractivity contribution in [1.29, 1.82) is 0 Å². The van der Waals surface area contributed by atoms with Crippen molar-refractivity contribution in [1.82, 2.24) is 15.5 Å². The molecule has 0 saturated carbocycles. The lowest BCUT2D eigenvalue weighted by Gasteiger charge is -2.40. The number of morpholine rings is 1. The maximum atomic E-state index is 5.55. The summed E-state index contributed by atoms with van der Waals surface area (Å²) in [5.74, 6) is 0. The molecule has 2 aliphatic heterocycles. The summed E-state index contributed by atoms with van der Waals surface area (Å²) in [7, 11) is 0. The van der Waals surface area contributed by atoms with Crippen LogP contribution in [0.25, 0.3) is 0 Å². The summed E-state index contributed by atoms with van der Waals surface area (Å²) in [6.07, 6.45) is 1.21. The van der Waals surface area contributed by atoms with Crippen molar-refractivity contribution in [3.63, 3.8) is 0 Å². The molecule has 0 aromatic rings. The average Bonchev–Trinajstić information content (AvgIpc) is 2.33. The highest BCUT2D eigenvalue weighted by Gasteiger charge is 2.28. The Bertz CT molecular complexity index is 159. The first-order chi connectivity index (χ1) is 7.42. The van der Waals surface area contributed by atoms with Crippen LogP contribution in [-0.2, 0) is 4.74 Å². The van der Waals surface area contributed by atoms with E-state index in [-0.39, 0.29) is 0 Å². The molecular formula is C11H23N3O. The standard InChI is InChI=1S/C11H23N3O/c1-2-11(10-9-15-8-5-13-10)14-6-3-12-4-7-14/h10-13H,2-9H2,1H3. The van der Waals surface area contributed by atoms with E-state index in [2.05, 4.69) is 22.5 Å². The molecule has 0 amide bonds. The lowest BCUT2D eigenvalue weighted by molar-refractivity contribution is 0.0301. The van der Waals surface area contributed by atoms with E-state index < -0.39 is 0 Å². The third-order valence-corrected chi connectivity index (χ3v) is 3.45. The van der Waals surface area contributed by atoms with E-state index in [1.54, 1.807) is 0 Å². The van der Waals surface area contributed by atoms with Gasteiger partial charge in [-0.15, -0.1) is 0 Å². The van der Waals surface area contributed by atoms with Crippen LogP contribution in [-0.4, -0.2) is 62.9 Å². The second kappa shape index (κ2) is 5.80. The van der Waals surface area contributed by atoms with Crippen LogP contribution < -0.4 is 10.6 Å². The van der Waals surface area contributed by atoms with Crippen molar-refractivity contribution in [3.05, 3.63) is 0 Å². The maximum absolute atomic E-state index is 5.55. The quantitative estimate of drug-likeness (QED) is 0.672. The maximum Gasteiger partial charge on any atom is 0.0635 e. The summed E-state index contributed by atoms with van der Waals surface area (Å²) in [6.45, 7) is 9.65. The van der Waals surface area contributed by atoms with Crippen LogP contribution in [0.3, 0.4) is 0 Å². The minimum atomic E-state index is 0.529. The molecule has 88 valence electrons. The lowest BCUT2D eigenvalue weighted by Crippen LogP contribution is -2.58. The van der Waals surface area contributed by atoms with Crippen molar-refractivity contribution in [2.45, 2.75) is 25.4 Å². The van der Waals surface area contributed by atoms with E-state index in [0.717, 1.165) is 32.8 Å². The number of hydrogen-bond donors (Lipinski definition) is 2. The van der Waals surface area contributed by atoms with Gasteiger partial charge in [0.05, 0.1) is 13.2 Å². The van der Waals surface area contributed by atoms with Crippen LogP contribution in [0.2, 0.25) is 0 Å². The highest BCUT2D eigenvalue weighted by Crippen LogP contribution is 2.12. The summed E-state index contributed by atoms with van der Waals surface area (Å²) in [5.41, 5.74) is 0. The molecule has 0 radical (unpaired) electrons. The van der Waals surface area contributed by atoms with Crippen LogP contribution in [0.1, 0.15) is 13.3 Å². The van der Waals surface area contributed by atoms with E-state index in [1.807, 2.05) is 0 Å². The molecule has 2 unspecified atom stereocenters. The SMILES string of the molecule is CCC(C1COCCN1)N1CCNCC1. The number of nitrogens with zero attached hydrogens (tertiary/aromatic N) is 1. The van der Waals surface area contributed by atoms with Gasteiger partial charge in [-0.3, -0.25) is 4.90 Å². The molecule has 4 heteroatoms. The Morgan fingerprint density at radius 3 is 2.73 bits per heavy atom. The third kappa shape index (κ3) is 2.91. The molecule has 0 aromatic heterocycles. The van der Waals surface area contributed by atoms with Crippen LogP contribution >= 0.6 is 0 Å². The predicted molar refractivity (Wildman–Crippen MR) is 61.1 cm³/mol. The van der Waals surface area contributed by atoms with Crippen LogP contribution in [0.5, 0.6) is 0 Å². The van der Waals surface area contributed by atoms with Gasteiger partial charge in [0, 0.05) is 44.8 Å². The predicted octanol–water partition coefficient (Wildman–Crippen LogP) is -0.341. The van der Waals surface area contributed by atoms with E-state index in [0.29, 0.717) is 12.1 Å². The molecule has 2 heterocycles. The molecule has 2 saturated heterocycles. The van der Waals surface area contributed by atoms with Crippen molar-refractivity contribution in [3.8, 4) is 0 Å². The molecule has 15 heavy (non-hydrogen) atoms. The molecule has 2 aliphatic rings. The third-order valence-electron chi connectivity index (χ3n) is 3.45. The fourth-order valence-corrected chi connectivity index (χ4v) is 2.64. The van der Waals surface area contributed by atoms with Gasteiger partial charge in [-0.1, -0.05) is 6.92 Å². The minimum Gasteiger partial charge on any atom is -0.378 e. The number of ether oxygens (including phenoxy) is 1. The van der Waals surface area contributed by atoms with Gasteiger partial charge in [-0.25, -0.2) is 0 Å². The molecular weight excluding hydrogens is 190 g/mol. The molecule has 4 nitrogen and oxygen atoms in total. The monoisotopic (exact) mass is 213 g/mol. The Morgan fingerprint density at radius 1 is 1.33 bits per heavy atom. The number of hydrogen-bond acceptors (Lipinski definition) is 4. The molecule has 0 spiro atoms. The largest absolute Gasteiger partial charge is 0.378 e. The van der Waals surface area contributed by atoms with Crippen molar-refractivity contribution >= 4 is 0 Å². The van der Waals surface area contributed by atoms with Gasteiger partial charge in [0.25, 0.3) is 0 Å². The van der Waals surface area contributed by atoms with Gasteiger partial charge in [0.15, 0.2) is 0 Å². The second-order valence-electron chi connectivity index (χ2n) is 4.40. The zero-order valence-corrected chi connectivity index (χ0v) is 9.67. The summed E-state index contributed by atoms with van der Waals surface area (Å²) >= 11 is 0. The number of rotatable bonds is 3. The average molecular weight is 213 g/mol. The first-order valence-corrected chi connectivity index (χ1v) is 6.17. The van der Waals surface area contributed by atoms with E-state index >= 15 is 0 Å². The molecule has 0 bridgehead atoms. The fraction of sp³-hybridized carbons (Fsp3) is 1.00. The smallest absolute Gasteiger partial charge is 0.0635 e. The summed E-state index contributed by atoms with van der Waals surface area (Å²) in [4.78, 5) is 2.60. The van der Waals surface area contributed by atoms with Crippen molar-refractivity contribution in [2.75, 3.05) is 45.9 Å². The number of piperazine rings is 1. The zero-order valence-electron chi connectivity index (χ0n) is 9.67. The highest BCUT2D eigenvalue weighted by molar-refractivity contribution is 4.87. The lowest BCUT2D eigenvalue weighted by atomic mass is 10.0. The molecule has 0 aliphatic carbocycles. The molecule has 0 aromatic carbocycles. The van der Waals surface area contributed by atoms with Gasteiger partial charge in [-0.05, 0) is 6.42 Å². The number of nitrogens with one attached hydrogen (secondary N) is 2. The van der Waals surface area contributed by atoms with Crippen molar-refractivity contribution < 1.29 is 4.74 Å². The highest BCUT2D eigenvalue weighted by atomic mass is 16.5. The van der Waals surface area contributed by atoms with Gasteiger partial charge in [-0.2, -0.15) is 0 Å². The van der Waals surface area contributed by atoms with Crippen LogP contribution in [0.15, 0.2) is 0 Å². The van der Waals surface area contributed by atoms with E-state index in [9.17, 15) is 0 Å². The Morgan fingerprint density at radius 2 is 2.13 bits per heavy atom. The molecule has 2 fully saturated rings. The van der Waals surface area contributed by atoms with Crippen LogP contribution in [0.4, 0.5) is 0 Å². The van der Waals surface area contributed by atoms with Gasteiger partial charge in [0.1, 0.15) is 0 Å². The summed E-state index contributed by atoms with van der Waals surface area (Å²) in [5, 5.41) is 6.98. The van der Waals surface area contributed by atoms with E-state index in [1.165, 1.54) is 19.5 Å². The van der Waals surface area contributed by atoms with Gasteiger partial charge < -0.3 is 15.4 Å². The normalized spacial score (nSPS) is 31.4. The molecule has 2 N–H and O–H groups in total. The Balaban J connectivity index is 1.88. The summed E-state index contributed by atoms with van der Waals surface area (Å²) < 4.78 is 5.55.